The quantitative estimate of drug-likeness (QED) is 0.738. The molecule has 1 N–H and O–H groups in total. The minimum absolute atomic E-state index is 0.0538. The van der Waals surface area contributed by atoms with E-state index in [2.05, 4.69) is 22.1 Å². The van der Waals surface area contributed by atoms with Gasteiger partial charge in [0.1, 0.15) is 0 Å². The Morgan fingerprint density at radius 2 is 1.96 bits per heavy atom. The number of amides is 1. The number of benzene rings is 1. The highest BCUT2D eigenvalue weighted by atomic mass is 16.1. The van der Waals surface area contributed by atoms with Crippen LogP contribution in [0.15, 0.2) is 48.7 Å². The van der Waals surface area contributed by atoms with Crippen LogP contribution in [0.5, 0.6) is 0 Å². The third kappa shape index (κ3) is 3.90. The van der Waals surface area contributed by atoms with Crippen molar-refractivity contribution in [1.82, 2.24) is 20.2 Å². The van der Waals surface area contributed by atoms with E-state index in [4.69, 9.17) is 4.98 Å². The third-order valence-electron chi connectivity index (χ3n) is 5.32. The molecule has 3 heterocycles. The number of hydrogen-bond acceptors (Lipinski definition) is 4. The topological polar surface area (TPSA) is 58.1 Å². The van der Waals surface area contributed by atoms with Crippen molar-refractivity contribution in [2.75, 3.05) is 19.6 Å². The van der Waals surface area contributed by atoms with Gasteiger partial charge in [0.15, 0.2) is 0 Å². The molecule has 144 valence electrons. The molecule has 4 rings (SSSR count). The van der Waals surface area contributed by atoms with Gasteiger partial charge < -0.3 is 10.2 Å². The second-order valence-corrected chi connectivity index (χ2v) is 7.62. The summed E-state index contributed by atoms with van der Waals surface area (Å²) in [6.45, 7) is 7.24. The van der Waals surface area contributed by atoms with Crippen molar-refractivity contribution in [2.24, 2.45) is 0 Å². The van der Waals surface area contributed by atoms with Crippen LogP contribution in [0, 0.1) is 6.92 Å². The summed E-state index contributed by atoms with van der Waals surface area (Å²) >= 11 is 0. The highest BCUT2D eigenvalue weighted by Crippen LogP contribution is 2.26. The Morgan fingerprint density at radius 3 is 2.71 bits per heavy atom. The van der Waals surface area contributed by atoms with E-state index in [-0.39, 0.29) is 11.9 Å². The van der Waals surface area contributed by atoms with Gasteiger partial charge in [-0.15, -0.1) is 0 Å². The summed E-state index contributed by atoms with van der Waals surface area (Å²) < 4.78 is 0. The number of carbonyl (C=O) groups excluding carboxylic acids is 1. The van der Waals surface area contributed by atoms with Crippen LogP contribution in [0.3, 0.4) is 0 Å². The Balaban J connectivity index is 1.68. The predicted molar refractivity (Wildman–Crippen MR) is 112 cm³/mol. The van der Waals surface area contributed by atoms with Gasteiger partial charge in [-0.1, -0.05) is 24.3 Å². The van der Waals surface area contributed by atoms with Crippen molar-refractivity contribution >= 4 is 16.8 Å². The molecule has 1 amide bonds. The first-order valence-corrected chi connectivity index (χ1v) is 9.97. The summed E-state index contributed by atoms with van der Waals surface area (Å²) in [5.74, 6) is -0.0538. The SMILES string of the molecule is Cc1cccc2c(C(=O)N[C@@H](C)CN3CCCC3)cc(-c3ccccn3)nc12. The van der Waals surface area contributed by atoms with E-state index in [1.165, 1.54) is 12.8 Å². The summed E-state index contributed by atoms with van der Waals surface area (Å²) in [7, 11) is 0. The summed E-state index contributed by atoms with van der Waals surface area (Å²) in [4.78, 5) is 24.8. The second-order valence-electron chi connectivity index (χ2n) is 7.62. The summed E-state index contributed by atoms with van der Waals surface area (Å²) in [5, 5.41) is 4.06. The molecule has 1 aliphatic heterocycles. The second kappa shape index (κ2) is 8.07. The number of aromatic nitrogens is 2. The Bertz CT molecular complexity index is 981. The van der Waals surface area contributed by atoms with Gasteiger partial charge in [-0.05, 0) is 63.5 Å². The molecule has 28 heavy (non-hydrogen) atoms. The van der Waals surface area contributed by atoms with E-state index >= 15 is 0 Å². The molecule has 5 nitrogen and oxygen atoms in total. The average molecular weight is 374 g/mol. The first kappa shape index (κ1) is 18.6. The zero-order chi connectivity index (χ0) is 19.5. The highest BCUT2D eigenvalue weighted by Gasteiger charge is 2.19. The number of pyridine rings is 2. The van der Waals surface area contributed by atoms with Gasteiger partial charge in [0.2, 0.25) is 0 Å². The van der Waals surface area contributed by atoms with E-state index in [0.29, 0.717) is 5.56 Å². The minimum Gasteiger partial charge on any atom is -0.348 e. The Morgan fingerprint density at radius 1 is 1.14 bits per heavy atom. The van der Waals surface area contributed by atoms with Crippen LogP contribution in [0.1, 0.15) is 35.7 Å². The van der Waals surface area contributed by atoms with Crippen LogP contribution in [-0.4, -0.2) is 46.5 Å². The number of rotatable bonds is 5. The number of nitrogens with zero attached hydrogens (tertiary/aromatic N) is 3. The first-order chi connectivity index (χ1) is 13.6. The Hall–Kier alpha value is -2.79. The van der Waals surface area contributed by atoms with Crippen LogP contribution in [0.2, 0.25) is 0 Å². The fourth-order valence-corrected chi connectivity index (χ4v) is 3.92. The maximum absolute atomic E-state index is 13.2. The Labute approximate surface area is 165 Å². The normalized spacial score (nSPS) is 15.6. The monoisotopic (exact) mass is 374 g/mol. The van der Waals surface area contributed by atoms with E-state index in [0.717, 1.165) is 47.5 Å². The van der Waals surface area contributed by atoms with Gasteiger partial charge in [-0.25, -0.2) is 4.98 Å². The summed E-state index contributed by atoms with van der Waals surface area (Å²) in [6.07, 6.45) is 4.25. The van der Waals surface area contributed by atoms with Crippen LogP contribution >= 0.6 is 0 Å². The molecule has 0 unspecified atom stereocenters. The van der Waals surface area contributed by atoms with E-state index in [1.807, 2.05) is 49.4 Å². The summed E-state index contributed by atoms with van der Waals surface area (Å²) in [5.41, 5.74) is 4.05. The van der Waals surface area contributed by atoms with Crippen molar-refractivity contribution in [3.8, 4) is 11.4 Å². The van der Waals surface area contributed by atoms with Crippen LogP contribution < -0.4 is 5.32 Å². The number of fused-ring (bicyclic) bond motifs is 1. The van der Waals surface area contributed by atoms with Gasteiger partial charge in [-0.2, -0.15) is 0 Å². The zero-order valence-electron chi connectivity index (χ0n) is 16.5. The van der Waals surface area contributed by atoms with Crippen LogP contribution in [0.25, 0.3) is 22.3 Å². The van der Waals surface area contributed by atoms with Crippen molar-refractivity contribution in [3.63, 3.8) is 0 Å². The molecule has 1 saturated heterocycles. The maximum atomic E-state index is 13.2. The van der Waals surface area contributed by atoms with Gasteiger partial charge in [0.25, 0.3) is 5.91 Å². The molecule has 0 spiro atoms. The lowest BCUT2D eigenvalue weighted by molar-refractivity contribution is 0.0933. The maximum Gasteiger partial charge on any atom is 0.252 e. The number of hydrogen-bond donors (Lipinski definition) is 1. The van der Waals surface area contributed by atoms with Crippen molar-refractivity contribution < 1.29 is 4.79 Å². The number of likely N-dealkylation sites (tertiary alicyclic amines) is 1. The van der Waals surface area contributed by atoms with Crippen molar-refractivity contribution in [2.45, 2.75) is 32.7 Å². The lowest BCUT2D eigenvalue weighted by Gasteiger charge is -2.21. The minimum atomic E-state index is -0.0538. The van der Waals surface area contributed by atoms with E-state index in [9.17, 15) is 4.79 Å². The average Bonchev–Trinajstić information content (AvgIpc) is 3.21. The van der Waals surface area contributed by atoms with Gasteiger partial charge >= 0.3 is 0 Å². The van der Waals surface area contributed by atoms with Gasteiger partial charge in [-0.3, -0.25) is 9.78 Å². The predicted octanol–water partition coefficient (Wildman–Crippen LogP) is 3.82. The van der Waals surface area contributed by atoms with Gasteiger partial charge in [0.05, 0.1) is 22.5 Å². The zero-order valence-corrected chi connectivity index (χ0v) is 16.5. The molecule has 0 radical (unpaired) electrons. The van der Waals surface area contributed by atoms with Crippen LogP contribution in [-0.2, 0) is 0 Å². The molecule has 0 aliphatic carbocycles. The molecule has 2 aromatic heterocycles. The number of para-hydroxylation sites is 1. The molecule has 1 aliphatic rings. The fraction of sp³-hybridized carbons (Fsp3) is 0.348. The highest BCUT2D eigenvalue weighted by molar-refractivity contribution is 6.07. The molecule has 0 bridgehead atoms. The van der Waals surface area contributed by atoms with Gasteiger partial charge in [0, 0.05) is 24.2 Å². The molecule has 5 heteroatoms. The number of nitrogens with one attached hydrogen (secondary N) is 1. The molecule has 3 aromatic rings. The number of aryl methyl sites for hydroxylation is 1. The van der Waals surface area contributed by atoms with E-state index < -0.39 is 0 Å². The molecular weight excluding hydrogens is 348 g/mol. The smallest absolute Gasteiger partial charge is 0.252 e. The summed E-state index contributed by atoms with van der Waals surface area (Å²) in [6, 6.07) is 13.7. The molecule has 1 fully saturated rings. The third-order valence-corrected chi connectivity index (χ3v) is 5.32. The van der Waals surface area contributed by atoms with Crippen molar-refractivity contribution in [1.29, 1.82) is 0 Å². The standard InChI is InChI=1S/C23H26N4O/c1-16-8-7-9-18-19(23(28)25-17(2)15-27-12-5-6-13-27)14-21(26-22(16)18)20-10-3-4-11-24-20/h3-4,7-11,14,17H,5-6,12-13,15H2,1-2H3,(H,25,28)/t17-/m0/s1. The fourth-order valence-electron chi connectivity index (χ4n) is 3.92. The molecular formula is C23H26N4O. The molecule has 1 atom stereocenters. The number of carbonyl (C=O) groups is 1. The lowest BCUT2D eigenvalue weighted by atomic mass is 10.0. The molecule has 1 aromatic carbocycles. The largest absolute Gasteiger partial charge is 0.348 e. The lowest BCUT2D eigenvalue weighted by Crippen LogP contribution is -2.41. The first-order valence-electron chi connectivity index (χ1n) is 9.97. The molecule has 0 saturated carbocycles. The van der Waals surface area contributed by atoms with E-state index in [1.54, 1.807) is 6.20 Å². The van der Waals surface area contributed by atoms with Crippen molar-refractivity contribution in [3.05, 3.63) is 59.8 Å². The van der Waals surface area contributed by atoms with Crippen LogP contribution in [0.4, 0.5) is 0 Å². The Kier molecular flexibility index (Phi) is 5.35.